The quantitative estimate of drug-likeness (QED) is 0.906. The van der Waals surface area contributed by atoms with Crippen molar-refractivity contribution < 1.29 is 27.8 Å². The van der Waals surface area contributed by atoms with Crippen LogP contribution in [0.15, 0.2) is 30.5 Å². The molecule has 8 heteroatoms. The van der Waals surface area contributed by atoms with Crippen LogP contribution in [0.2, 0.25) is 0 Å². The van der Waals surface area contributed by atoms with Crippen molar-refractivity contribution in [1.29, 1.82) is 0 Å². The van der Waals surface area contributed by atoms with Crippen LogP contribution in [0.1, 0.15) is 21.9 Å². The lowest BCUT2D eigenvalue weighted by Gasteiger charge is -2.08. The zero-order chi connectivity index (χ0) is 14.8. The Morgan fingerprint density at radius 2 is 1.95 bits per heavy atom. The number of rotatable bonds is 4. The minimum absolute atomic E-state index is 0.0222. The second kappa shape index (κ2) is 5.24. The lowest BCUT2D eigenvalue weighted by atomic mass is 10.2. The summed E-state index contributed by atoms with van der Waals surface area (Å²) >= 11 is 0. The van der Waals surface area contributed by atoms with Gasteiger partial charge in [-0.3, -0.25) is 0 Å². The molecule has 2 N–H and O–H groups in total. The fraction of sp³-hybridized carbons (Fsp3) is 0.167. The first-order valence-corrected chi connectivity index (χ1v) is 5.43. The van der Waals surface area contributed by atoms with E-state index in [-0.39, 0.29) is 18.2 Å². The van der Waals surface area contributed by atoms with E-state index >= 15 is 0 Å². The highest BCUT2D eigenvalue weighted by molar-refractivity contribution is 5.83. The van der Waals surface area contributed by atoms with Crippen LogP contribution in [0.3, 0.4) is 0 Å². The lowest BCUT2D eigenvalue weighted by Crippen LogP contribution is -2.04. The van der Waals surface area contributed by atoms with Gasteiger partial charge in [-0.2, -0.15) is 13.2 Å². The molecule has 1 aromatic heterocycles. The number of carboxylic acid groups (broad SMARTS) is 1. The Morgan fingerprint density at radius 3 is 2.45 bits per heavy atom. The van der Waals surface area contributed by atoms with Crippen LogP contribution >= 0.6 is 0 Å². The molecule has 20 heavy (non-hydrogen) atoms. The predicted octanol–water partition coefficient (Wildman–Crippen LogP) is 2.71. The van der Waals surface area contributed by atoms with Gasteiger partial charge in [0.15, 0.2) is 0 Å². The first-order chi connectivity index (χ1) is 9.36. The van der Waals surface area contributed by atoms with Gasteiger partial charge in [0.2, 0.25) is 5.82 Å². The van der Waals surface area contributed by atoms with Gasteiger partial charge in [0.25, 0.3) is 0 Å². The summed E-state index contributed by atoms with van der Waals surface area (Å²) in [6.07, 6.45) is -3.11. The van der Waals surface area contributed by atoms with Crippen LogP contribution in [0.25, 0.3) is 0 Å². The molecule has 0 unspecified atom stereocenters. The van der Waals surface area contributed by atoms with Crippen molar-refractivity contribution in [2.24, 2.45) is 0 Å². The fourth-order valence-electron chi connectivity index (χ4n) is 1.44. The number of alkyl halides is 3. The average molecular weight is 286 g/mol. The Hall–Kier alpha value is -2.51. The first-order valence-electron chi connectivity index (χ1n) is 5.43. The summed E-state index contributed by atoms with van der Waals surface area (Å²) in [5.41, 5.74) is -0.359. The van der Waals surface area contributed by atoms with Gasteiger partial charge in [0.1, 0.15) is 12.4 Å². The molecule has 106 valence electrons. The molecule has 0 aliphatic heterocycles. The third-order valence-electron chi connectivity index (χ3n) is 2.41. The van der Waals surface area contributed by atoms with E-state index in [0.717, 1.165) is 12.1 Å². The molecule has 0 amide bonds. The number of carbonyl (C=O) groups is 1. The largest absolute Gasteiger partial charge is 0.487 e. The van der Waals surface area contributed by atoms with Gasteiger partial charge in [-0.15, -0.1) is 0 Å². The molecule has 0 saturated heterocycles. The van der Waals surface area contributed by atoms with Crippen LogP contribution in [0.4, 0.5) is 13.2 Å². The molecule has 0 aliphatic carbocycles. The Kier molecular flexibility index (Phi) is 3.64. The van der Waals surface area contributed by atoms with E-state index in [9.17, 15) is 18.0 Å². The summed E-state index contributed by atoms with van der Waals surface area (Å²) in [6, 6.07) is 4.20. The highest BCUT2D eigenvalue weighted by Crippen LogP contribution is 2.30. The monoisotopic (exact) mass is 286 g/mol. The maximum absolute atomic E-state index is 12.3. The number of hydrogen-bond acceptors (Lipinski definition) is 3. The van der Waals surface area contributed by atoms with E-state index < -0.39 is 17.7 Å². The number of H-pyrrole nitrogens is 1. The number of imidazole rings is 1. The second-order valence-corrected chi connectivity index (χ2v) is 3.87. The molecular formula is C12H9F3N2O3. The highest BCUT2D eigenvalue weighted by atomic mass is 19.4. The molecule has 1 heterocycles. The van der Waals surface area contributed by atoms with Crippen LogP contribution in [-0.4, -0.2) is 21.0 Å². The summed E-state index contributed by atoms with van der Waals surface area (Å²) < 4.78 is 42.2. The molecule has 2 rings (SSSR count). The number of aromatic nitrogens is 2. The van der Waals surface area contributed by atoms with E-state index in [2.05, 4.69) is 9.97 Å². The lowest BCUT2D eigenvalue weighted by molar-refractivity contribution is -0.137. The van der Waals surface area contributed by atoms with Gasteiger partial charge in [-0.05, 0) is 24.3 Å². The molecule has 5 nitrogen and oxygen atoms in total. The molecule has 0 radical (unpaired) electrons. The van der Waals surface area contributed by atoms with Gasteiger partial charge < -0.3 is 14.8 Å². The number of hydrogen-bond donors (Lipinski definition) is 2. The highest BCUT2D eigenvalue weighted by Gasteiger charge is 2.29. The van der Waals surface area contributed by atoms with Crippen molar-refractivity contribution in [2.75, 3.05) is 0 Å². The Balaban J connectivity index is 1.98. The van der Waals surface area contributed by atoms with Crippen molar-refractivity contribution >= 4 is 5.97 Å². The van der Waals surface area contributed by atoms with Crippen LogP contribution in [0.5, 0.6) is 5.75 Å². The number of ether oxygens (including phenoxy) is 1. The Bertz CT molecular complexity index is 605. The number of aromatic carboxylic acids is 1. The minimum atomic E-state index is -4.39. The van der Waals surface area contributed by atoms with Gasteiger partial charge in [0, 0.05) is 0 Å². The van der Waals surface area contributed by atoms with Gasteiger partial charge >= 0.3 is 12.1 Å². The third-order valence-corrected chi connectivity index (χ3v) is 2.41. The van der Waals surface area contributed by atoms with E-state index in [1.54, 1.807) is 0 Å². The molecule has 0 atom stereocenters. The summed E-state index contributed by atoms with van der Waals surface area (Å²) in [4.78, 5) is 16.7. The number of halogens is 3. The van der Waals surface area contributed by atoms with E-state index in [0.29, 0.717) is 5.69 Å². The van der Waals surface area contributed by atoms with Gasteiger partial charge in [-0.25, -0.2) is 9.78 Å². The molecular weight excluding hydrogens is 277 g/mol. The summed E-state index contributed by atoms with van der Waals surface area (Å²) in [6.45, 7) is -0.0222. The molecule has 0 bridgehead atoms. The van der Waals surface area contributed by atoms with Crippen molar-refractivity contribution in [1.82, 2.24) is 9.97 Å². The molecule has 0 aliphatic rings. The normalized spacial score (nSPS) is 11.3. The SMILES string of the molecule is O=C(O)c1ncc(COc2ccc(C(F)(F)F)cc2)[nH]1. The summed E-state index contributed by atoms with van der Waals surface area (Å²) in [7, 11) is 0. The van der Waals surface area contributed by atoms with Crippen LogP contribution < -0.4 is 4.74 Å². The topological polar surface area (TPSA) is 75.2 Å². The summed E-state index contributed by atoms with van der Waals surface area (Å²) in [5.74, 6) is -1.19. The smallest absolute Gasteiger partial charge is 0.416 e. The number of benzene rings is 1. The first kappa shape index (κ1) is 13.9. The van der Waals surface area contributed by atoms with E-state index in [1.165, 1.54) is 18.3 Å². The van der Waals surface area contributed by atoms with Crippen molar-refractivity contribution in [3.8, 4) is 5.75 Å². The molecule has 1 aromatic carbocycles. The Labute approximate surface area is 111 Å². The van der Waals surface area contributed by atoms with Crippen molar-refractivity contribution in [2.45, 2.75) is 12.8 Å². The third kappa shape index (κ3) is 3.28. The second-order valence-electron chi connectivity index (χ2n) is 3.87. The average Bonchev–Trinajstić information content (AvgIpc) is 2.85. The summed E-state index contributed by atoms with van der Waals surface area (Å²) in [5, 5.41) is 8.65. The van der Waals surface area contributed by atoms with Gasteiger partial charge in [0.05, 0.1) is 17.5 Å². The number of nitrogens with one attached hydrogen (secondary N) is 1. The fourth-order valence-corrected chi connectivity index (χ4v) is 1.44. The zero-order valence-corrected chi connectivity index (χ0v) is 9.94. The van der Waals surface area contributed by atoms with Gasteiger partial charge in [-0.1, -0.05) is 0 Å². The van der Waals surface area contributed by atoms with E-state index in [4.69, 9.17) is 9.84 Å². The van der Waals surface area contributed by atoms with Crippen molar-refractivity contribution in [3.05, 3.63) is 47.5 Å². The van der Waals surface area contributed by atoms with Crippen LogP contribution in [0, 0.1) is 0 Å². The van der Waals surface area contributed by atoms with Crippen molar-refractivity contribution in [3.63, 3.8) is 0 Å². The maximum Gasteiger partial charge on any atom is 0.416 e. The Morgan fingerprint density at radius 1 is 1.30 bits per heavy atom. The maximum atomic E-state index is 12.3. The number of nitrogens with zero attached hydrogens (tertiary/aromatic N) is 1. The predicted molar refractivity (Wildman–Crippen MR) is 61.3 cm³/mol. The minimum Gasteiger partial charge on any atom is -0.487 e. The standard InChI is InChI=1S/C12H9F3N2O3/c13-12(14,15)7-1-3-9(4-2-7)20-6-8-5-16-10(17-8)11(18)19/h1-5H,6H2,(H,16,17)(H,18,19). The molecule has 2 aromatic rings. The van der Waals surface area contributed by atoms with E-state index in [1.807, 2.05) is 0 Å². The molecule has 0 saturated carbocycles. The van der Waals surface area contributed by atoms with Crippen LogP contribution in [-0.2, 0) is 12.8 Å². The number of aromatic amines is 1. The number of carboxylic acids is 1. The molecule has 0 fully saturated rings. The zero-order valence-electron chi connectivity index (χ0n) is 9.94. The molecule has 0 spiro atoms.